The molecule has 3 aromatic carbocycles. The van der Waals surface area contributed by atoms with E-state index in [0.29, 0.717) is 16.3 Å². The number of methoxy groups -OCH3 is 1. The molecule has 24 heavy (non-hydrogen) atoms. The van der Waals surface area contributed by atoms with Crippen LogP contribution in [0.1, 0.15) is 28.9 Å². The molecular weight excluding hydrogens is 322 g/mol. The van der Waals surface area contributed by atoms with Crippen LogP contribution in [-0.4, -0.2) is 13.0 Å². The first-order chi connectivity index (χ1) is 11.6. The molecule has 0 spiro atoms. The molecule has 0 unspecified atom stereocenters. The second-order valence-electron chi connectivity index (χ2n) is 5.59. The summed E-state index contributed by atoms with van der Waals surface area (Å²) >= 11 is 6.24. The van der Waals surface area contributed by atoms with Gasteiger partial charge in [-0.05, 0) is 35.4 Å². The summed E-state index contributed by atoms with van der Waals surface area (Å²) in [6.45, 7) is 1.97. The maximum Gasteiger partial charge on any atom is 0.253 e. The SMILES string of the molecule is COc1cccc(C(=O)N[C@H](C)c2cccc3ccccc23)c1Cl. The normalized spacial score (nSPS) is 12.0. The van der Waals surface area contributed by atoms with Crippen molar-refractivity contribution in [2.24, 2.45) is 0 Å². The average Bonchev–Trinajstić information content (AvgIpc) is 2.61. The number of hydrogen-bond acceptors (Lipinski definition) is 2. The van der Waals surface area contributed by atoms with E-state index in [1.54, 1.807) is 18.2 Å². The van der Waals surface area contributed by atoms with E-state index < -0.39 is 0 Å². The maximum atomic E-state index is 12.6. The van der Waals surface area contributed by atoms with Crippen molar-refractivity contribution in [3.63, 3.8) is 0 Å². The highest BCUT2D eigenvalue weighted by Gasteiger charge is 2.17. The smallest absolute Gasteiger partial charge is 0.253 e. The number of ether oxygens (including phenoxy) is 1. The molecule has 3 nitrogen and oxygen atoms in total. The first kappa shape index (κ1) is 16.3. The molecule has 1 amide bonds. The van der Waals surface area contributed by atoms with Crippen LogP contribution in [-0.2, 0) is 0 Å². The Morgan fingerprint density at radius 1 is 1.04 bits per heavy atom. The Bertz CT molecular complexity index is 886. The Kier molecular flexibility index (Phi) is 4.72. The van der Waals surface area contributed by atoms with Gasteiger partial charge in [-0.2, -0.15) is 0 Å². The zero-order valence-electron chi connectivity index (χ0n) is 13.5. The number of amides is 1. The number of benzene rings is 3. The molecule has 0 bridgehead atoms. The highest BCUT2D eigenvalue weighted by atomic mass is 35.5. The van der Waals surface area contributed by atoms with Crippen LogP contribution in [0.4, 0.5) is 0 Å². The number of hydrogen-bond donors (Lipinski definition) is 1. The topological polar surface area (TPSA) is 38.3 Å². The van der Waals surface area contributed by atoms with Gasteiger partial charge in [-0.3, -0.25) is 4.79 Å². The summed E-state index contributed by atoms with van der Waals surface area (Å²) in [7, 11) is 1.53. The molecule has 3 rings (SSSR count). The fraction of sp³-hybridized carbons (Fsp3) is 0.150. The van der Waals surface area contributed by atoms with Gasteiger partial charge in [0, 0.05) is 0 Å². The van der Waals surface area contributed by atoms with E-state index in [4.69, 9.17) is 16.3 Å². The lowest BCUT2D eigenvalue weighted by atomic mass is 9.99. The van der Waals surface area contributed by atoms with Gasteiger partial charge in [0.15, 0.2) is 0 Å². The van der Waals surface area contributed by atoms with Gasteiger partial charge in [0.05, 0.1) is 23.7 Å². The van der Waals surface area contributed by atoms with Crippen molar-refractivity contribution in [3.8, 4) is 5.75 Å². The Morgan fingerprint density at radius 3 is 2.54 bits per heavy atom. The van der Waals surface area contributed by atoms with Gasteiger partial charge in [0.25, 0.3) is 5.91 Å². The van der Waals surface area contributed by atoms with Gasteiger partial charge in [0.2, 0.25) is 0 Å². The highest BCUT2D eigenvalue weighted by Crippen LogP contribution is 2.29. The third-order valence-electron chi connectivity index (χ3n) is 4.07. The van der Waals surface area contributed by atoms with E-state index in [-0.39, 0.29) is 11.9 Å². The zero-order chi connectivity index (χ0) is 17.1. The Labute approximate surface area is 146 Å². The number of fused-ring (bicyclic) bond motifs is 1. The second kappa shape index (κ2) is 6.93. The molecule has 0 saturated carbocycles. The summed E-state index contributed by atoms with van der Waals surface area (Å²) < 4.78 is 5.17. The summed E-state index contributed by atoms with van der Waals surface area (Å²) in [4.78, 5) is 12.6. The van der Waals surface area contributed by atoms with Crippen molar-refractivity contribution in [1.82, 2.24) is 5.32 Å². The quantitative estimate of drug-likeness (QED) is 0.727. The molecule has 0 heterocycles. The van der Waals surface area contributed by atoms with Gasteiger partial charge < -0.3 is 10.1 Å². The fourth-order valence-corrected chi connectivity index (χ4v) is 3.11. The van der Waals surface area contributed by atoms with E-state index in [2.05, 4.69) is 23.5 Å². The second-order valence-corrected chi connectivity index (χ2v) is 5.96. The van der Waals surface area contributed by atoms with E-state index in [0.717, 1.165) is 16.3 Å². The van der Waals surface area contributed by atoms with Crippen LogP contribution in [0.15, 0.2) is 60.7 Å². The molecule has 0 fully saturated rings. The summed E-state index contributed by atoms with van der Waals surface area (Å²) in [5.74, 6) is 0.265. The van der Waals surface area contributed by atoms with Crippen molar-refractivity contribution in [2.75, 3.05) is 7.11 Å². The molecule has 122 valence electrons. The molecular formula is C20H18ClNO2. The van der Waals surface area contributed by atoms with Crippen LogP contribution in [0.3, 0.4) is 0 Å². The molecule has 0 aliphatic rings. The molecule has 4 heteroatoms. The summed E-state index contributed by atoms with van der Waals surface area (Å²) in [6.07, 6.45) is 0. The molecule has 1 N–H and O–H groups in total. The first-order valence-electron chi connectivity index (χ1n) is 7.73. The minimum atomic E-state index is -0.223. The standard InChI is InChI=1S/C20H18ClNO2/c1-13(15-10-5-8-14-7-3-4-9-16(14)15)22-20(23)17-11-6-12-18(24-2)19(17)21/h3-13H,1-2H3,(H,22,23)/t13-/m1/s1. The van der Waals surface area contributed by atoms with Gasteiger partial charge in [0.1, 0.15) is 5.75 Å². The van der Waals surface area contributed by atoms with Gasteiger partial charge >= 0.3 is 0 Å². The third kappa shape index (κ3) is 3.08. The molecule has 0 radical (unpaired) electrons. The van der Waals surface area contributed by atoms with Gasteiger partial charge in [-0.25, -0.2) is 0 Å². The summed E-state index contributed by atoms with van der Waals surface area (Å²) in [5, 5.41) is 5.62. The van der Waals surface area contributed by atoms with Crippen LogP contribution >= 0.6 is 11.6 Å². The summed E-state index contributed by atoms with van der Waals surface area (Å²) in [5.41, 5.74) is 1.48. The highest BCUT2D eigenvalue weighted by molar-refractivity contribution is 6.35. The predicted octanol–water partition coefficient (Wildman–Crippen LogP) is 4.99. The number of carbonyl (C=O) groups excluding carboxylic acids is 1. The number of halogens is 1. The van der Waals surface area contributed by atoms with Gasteiger partial charge in [-0.15, -0.1) is 0 Å². The minimum absolute atomic E-state index is 0.147. The van der Waals surface area contributed by atoms with Crippen LogP contribution in [0, 0.1) is 0 Å². The van der Waals surface area contributed by atoms with E-state index in [9.17, 15) is 4.79 Å². The lowest BCUT2D eigenvalue weighted by molar-refractivity contribution is 0.0940. The summed E-state index contributed by atoms with van der Waals surface area (Å²) in [6, 6.07) is 19.2. The largest absolute Gasteiger partial charge is 0.495 e. The predicted molar refractivity (Wildman–Crippen MR) is 97.8 cm³/mol. The number of carbonyl (C=O) groups is 1. The molecule has 0 aliphatic heterocycles. The Morgan fingerprint density at radius 2 is 1.75 bits per heavy atom. The van der Waals surface area contributed by atoms with Crippen molar-refractivity contribution < 1.29 is 9.53 Å². The molecule has 0 saturated heterocycles. The molecule has 0 aliphatic carbocycles. The van der Waals surface area contributed by atoms with Crippen molar-refractivity contribution in [2.45, 2.75) is 13.0 Å². The zero-order valence-corrected chi connectivity index (χ0v) is 14.3. The molecule has 3 aromatic rings. The van der Waals surface area contributed by atoms with Crippen molar-refractivity contribution >= 4 is 28.3 Å². The van der Waals surface area contributed by atoms with E-state index in [1.807, 2.05) is 31.2 Å². The van der Waals surface area contributed by atoms with Crippen LogP contribution in [0.2, 0.25) is 5.02 Å². The number of rotatable bonds is 4. The van der Waals surface area contributed by atoms with Crippen molar-refractivity contribution in [1.29, 1.82) is 0 Å². The lowest BCUT2D eigenvalue weighted by Crippen LogP contribution is -2.27. The van der Waals surface area contributed by atoms with E-state index >= 15 is 0 Å². The molecule has 1 atom stereocenters. The van der Waals surface area contributed by atoms with Crippen LogP contribution in [0.25, 0.3) is 10.8 Å². The minimum Gasteiger partial charge on any atom is -0.495 e. The van der Waals surface area contributed by atoms with Crippen LogP contribution < -0.4 is 10.1 Å². The maximum absolute atomic E-state index is 12.6. The van der Waals surface area contributed by atoms with Gasteiger partial charge in [-0.1, -0.05) is 60.1 Å². The number of nitrogens with one attached hydrogen (secondary N) is 1. The average molecular weight is 340 g/mol. The Hall–Kier alpha value is -2.52. The van der Waals surface area contributed by atoms with Crippen molar-refractivity contribution in [3.05, 3.63) is 76.8 Å². The van der Waals surface area contributed by atoms with Crippen LogP contribution in [0.5, 0.6) is 5.75 Å². The fourth-order valence-electron chi connectivity index (χ4n) is 2.82. The molecule has 0 aromatic heterocycles. The monoisotopic (exact) mass is 339 g/mol. The Balaban J connectivity index is 1.89. The first-order valence-corrected chi connectivity index (χ1v) is 8.10. The third-order valence-corrected chi connectivity index (χ3v) is 4.46. The van der Waals surface area contributed by atoms with E-state index in [1.165, 1.54) is 7.11 Å². The lowest BCUT2D eigenvalue weighted by Gasteiger charge is -2.17.